The van der Waals surface area contributed by atoms with Gasteiger partial charge in [-0.05, 0) is 98.5 Å². The van der Waals surface area contributed by atoms with Gasteiger partial charge in [0.25, 0.3) is 11.8 Å². The highest BCUT2D eigenvalue weighted by atomic mass is 127. The van der Waals surface area contributed by atoms with E-state index >= 15 is 0 Å². The molecule has 0 aliphatic heterocycles. The van der Waals surface area contributed by atoms with Crippen molar-refractivity contribution in [3.8, 4) is 17.2 Å². The Balaban J connectivity index is 2.09. The average molecular weight is 678 g/mol. The highest BCUT2D eigenvalue weighted by Crippen LogP contribution is 2.34. The molecule has 0 radical (unpaired) electrons. The van der Waals surface area contributed by atoms with Gasteiger partial charge < -0.3 is 19.5 Å². The molecule has 8 nitrogen and oxygen atoms in total. The van der Waals surface area contributed by atoms with Gasteiger partial charge in [0.05, 0.1) is 27.5 Å². The van der Waals surface area contributed by atoms with Crippen molar-refractivity contribution in [2.75, 3.05) is 6.61 Å². The third kappa shape index (κ3) is 10.1. The third-order valence-electron chi connectivity index (χ3n) is 4.98. The largest absolute Gasteiger partial charge is 0.490 e. The monoisotopic (exact) mass is 677 g/mol. The molecule has 0 saturated heterocycles. The van der Waals surface area contributed by atoms with Crippen molar-refractivity contribution >= 4 is 63.8 Å². The van der Waals surface area contributed by atoms with E-state index in [1.54, 1.807) is 25.1 Å². The van der Waals surface area contributed by atoms with Gasteiger partial charge in [0, 0.05) is 5.02 Å². The van der Waals surface area contributed by atoms with Crippen LogP contribution in [0.15, 0.2) is 35.4 Å². The van der Waals surface area contributed by atoms with Crippen LogP contribution in [0, 0.1) is 9.49 Å². The summed E-state index contributed by atoms with van der Waals surface area (Å²) in [6, 6.07) is 7.59. The minimum Gasteiger partial charge on any atom is -0.490 e. The van der Waals surface area contributed by atoms with Crippen molar-refractivity contribution < 1.29 is 23.8 Å². The Morgan fingerprint density at radius 2 is 1.74 bits per heavy atom. The molecular weight excluding hydrogens is 644 g/mol. The van der Waals surface area contributed by atoms with Gasteiger partial charge in [0.1, 0.15) is 11.8 Å². The fourth-order valence-electron chi connectivity index (χ4n) is 3.33. The summed E-state index contributed by atoms with van der Waals surface area (Å²) < 4.78 is 18.2. The first-order chi connectivity index (χ1) is 17.9. The number of ether oxygens (including phenoxy) is 3. The molecule has 0 fully saturated rings. The number of amides is 2. The van der Waals surface area contributed by atoms with Gasteiger partial charge in [-0.25, -0.2) is 5.43 Å². The summed E-state index contributed by atoms with van der Waals surface area (Å²) in [5, 5.41) is 7.60. The van der Waals surface area contributed by atoms with Crippen LogP contribution in [-0.2, 0) is 9.59 Å². The number of hydrogen-bond donors (Lipinski definition) is 2. The van der Waals surface area contributed by atoms with Crippen molar-refractivity contribution in [1.29, 1.82) is 0 Å². The second-order valence-corrected chi connectivity index (χ2v) is 11.2. The van der Waals surface area contributed by atoms with E-state index in [1.165, 1.54) is 12.3 Å². The normalized spacial score (nSPS) is 12.9. The zero-order valence-electron chi connectivity index (χ0n) is 22.3. The minimum absolute atomic E-state index is 0.00840. The van der Waals surface area contributed by atoms with E-state index in [2.05, 4.69) is 38.4 Å². The van der Waals surface area contributed by atoms with Crippen LogP contribution in [-0.4, -0.2) is 42.9 Å². The predicted molar refractivity (Wildman–Crippen MR) is 160 cm³/mol. The first kappa shape index (κ1) is 32.0. The van der Waals surface area contributed by atoms with E-state index in [0.717, 1.165) is 9.13 Å². The first-order valence-electron chi connectivity index (χ1n) is 12.3. The van der Waals surface area contributed by atoms with Gasteiger partial charge in [-0.1, -0.05) is 37.0 Å². The van der Waals surface area contributed by atoms with E-state index in [4.69, 9.17) is 37.4 Å². The maximum Gasteiger partial charge on any atom is 0.262 e. The molecule has 0 aliphatic carbocycles. The number of halogens is 3. The molecule has 0 unspecified atom stereocenters. The summed E-state index contributed by atoms with van der Waals surface area (Å²) in [4.78, 5) is 25.7. The lowest BCUT2D eigenvalue weighted by molar-refractivity contribution is -0.132. The molecule has 2 amide bonds. The number of nitrogens with one attached hydrogen (secondary N) is 2. The van der Waals surface area contributed by atoms with Crippen molar-refractivity contribution in [1.82, 2.24) is 10.7 Å². The van der Waals surface area contributed by atoms with Crippen LogP contribution in [0.1, 0.15) is 53.5 Å². The molecule has 0 spiro atoms. The maximum atomic E-state index is 12.9. The van der Waals surface area contributed by atoms with E-state index in [-0.39, 0.29) is 17.0 Å². The van der Waals surface area contributed by atoms with Crippen LogP contribution in [0.4, 0.5) is 0 Å². The number of nitrogens with zero attached hydrogens (tertiary/aromatic N) is 1. The molecule has 2 N–H and O–H groups in total. The summed E-state index contributed by atoms with van der Waals surface area (Å²) in [6.07, 6.45) is 1.02. The molecule has 11 heteroatoms. The molecular formula is C27H34Cl2IN3O5. The number of rotatable bonds is 13. The Kier molecular flexibility index (Phi) is 12.9. The highest BCUT2D eigenvalue weighted by molar-refractivity contribution is 14.1. The van der Waals surface area contributed by atoms with Gasteiger partial charge in [0.15, 0.2) is 17.6 Å². The molecule has 2 rings (SSSR count). The number of hydrazone groups is 1. The lowest BCUT2D eigenvalue weighted by Gasteiger charge is -2.22. The van der Waals surface area contributed by atoms with Crippen LogP contribution >= 0.6 is 45.8 Å². The van der Waals surface area contributed by atoms with Gasteiger partial charge in [-0.15, -0.1) is 0 Å². The Morgan fingerprint density at radius 3 is 2.34 bits per heavy atom. The quantitative estimate of drug-likeness (QED) is 0.149. The molecule has 38 heavy (non-hydrogen) atoms. The van der Waals surface area contributed by atoms with Crippen LogP contribution < -0.4 is 25.0 Å². The molecule has 0 aliphatic rings. The van der Waals surface area contributed by atoms with Crippen LogP contribution in [0.3, 0.4) is 0 Å². The molecule has 2 atom stereocenters. The number of carbonyl (C=O) groups excluding carboxylic acids is 2. The van der Waals surface area contributed by atoms with Gasteiger partial charge >= 0.3 is 0 Å². The Morgan fingerprint density at radius 1 is 1.03 bits per heavy atom. The van der Waals surface area contributed by atoms with Crippen molar-refractivity contribution in [2.45, 2.75) is 66.2 Å². The summed E-state index contributed by atoms with van der Waals surface area (Å²) in [7, 11) is 0. The topological polar surface area (TPSA) is 98.2 Å². The first-order valence-corrected chi connectivity index (χ1v) is 14.1. The van der Waals surface area contributed by atoms with Crippen LogP contribution in [0.25, 0.3) is 0 Å². The highest BCUT2D eigenvalue weighted by Gasteiger charge is 2.25. The lowest BCUT2D eigenvalue weighted by atomic mass is 10.0. The number of benzene rings is 2. The predicted octanol–water partition coefficient (Wildman–Crippen LogP) is 6.23. The Hall–Kier alpha value is -2.24. The smallest absolute Gasteiger partial charge is 0.262 e. The fraction of sp³-hybridized carbons (Fsp3) is 0.444. The third-order valence-corrected chi connectivity index (χ3v) is 6.31. The summed E-state index contributed by atoms with van der Waals surface area (Å²) in [6.45, 7) is 11.8. The summed E-state index contributed by atoms with van der Waals surface area (Å²) in [5.74, 6) is 0.817. The lowest BCUT2D eigenvalue weighted by Crippen LogP contribution is -2.49. The van der Waals surface area contributed by atoms with Gasteiger partial charge in [0.2, 0.25) is 0 Å². The standard InChI is InChI=1S/C27H34Cl2IN3O5/c1-7-36-24-12-18(11-21(30)25(24)37-16(4)5)14-31-33-27(35)22(10-15(2)3)32-26(34)17(6)38-23-9-8-19(28)13-20(23)29/h8-9,11-17,22H,7,10H2,1-6H3,(H,32,34)(H,33,35)/b31-14-/t17-,22-/m0/s1. The van der Waals surface area contributed by atoms with E-state index in [9.17, 15) is 9.59 Å². The SMILES string of the molecule is CCOc1cc(/C=N\NC(=O)[C@H](CC(C)C)NC(=O)[C@H](C)Oc2ccc(Cl)cc2Cl)cc(I)c1OC(C)C. The molecule has 2 aromatic carbocycles. The zero-order chi connectivity index (χ0) is 28.4. The fourth-order valence-corrected chi connectivity index (χ4v) is 4.54. The molecule has 0 aromatic heterocycles. The second-order valence-electron chi connectivity index (χ2n) is 9.19. The average Bonchev–Trinajstić information content (AvgIpc) is 2.82. The van der Waals surface area contributed by atoms with Crippen molar-refractivity contribution in [3.05, 3.63) is 49.5 Å². The maximum absolute atomic E-state index is 12.9. The van der Waals surface area contributed by atoms with Crippen molar-refractivity contribution in [3.63, 3.8) is 0 Å². The Bertz CT molecular complexity index is 1140. The van der Waals surface area contributed by atoms with Crippen LogP contribution in [0.5, 0.6) is 17.2 Å². The number of hydrogen-bond acceptors (Lipinski definition) is 6. The van der Waals surface area contributed by atoms with Gasteiger partial charge in [-0.3, -0.25) is 9.59 Å². The van der Waals surface area contributed by atoms with E-state index < -0.39 is 24.0 Å². The van der Waals surface area contributed by atoms with Crippen molar-refractivity contribution in [2.24, 2.45) is 11.0 Å². The molecule has 0 heterocycles. The van der Waals surface area contributed by atoms with E-state index in [0.29, 0.717) is 35.3 Å². The molecule has 208 valence electrons. The summed E-state index contributed by atoms with van der Waals surface area (Å²) in [5.41, 5.74) is 3.25. The molecule has 0 saturated carbocycles. The zero-order valence-corrected chi connectivity index (χ0v) is 26.0. The molecule has 2 aromatic rings. The van der Waals surface area contributed by atoms with Crippen LogP contribution in [0.2, 0.25) is 10.0 Å². The summed E-state index contributed by atoms with van der Waals surface area (Å²) >= 11 is 14.2. The minimum atomic E-state index is -0.898. The van der Waals surface area contributed by atoms with Gasteiger partial charge in [-0.2, -0.15) is 5.10 Å². The molecule has 0 bridgehead atoms. The second kappa shape index (κ2) is 15.4. The van der Waals surface area contributed by atoms with E-state index in [1.807, 2.05) is 40.7 Å². The Labute approximate surface area is 247 Å². The number of carbonyl (C=O) groups is 2.